The lowest BCUT2D eigenvalue weighted by atomic mass is 10.1. The SMILES string of the molecule is COCC(C)N(C)C(=O)c1n[nH]c(=O)c2ccccc12. The summed E-state index contributed by atoms with van der Waals surface area (Å²) >= 11 is 0. The molecule has 106 valence electrons. The molecule has 0 saturated heterocycles. The molecular formula is C14H17N3O3. The monoisotopic (exact) mass is 275 g/mol. The Bertz CT molecular complexity index is 681. The van der Waals surface area contributed by atoms with E-state index in [9.17, 15) is 9.59 Å². The Labute approximate surface area is 116 Å². The lowest BCUT2D eigenvalue weighted by Gasteiger charge is -2.24. The van der Waals surface area contributed by atoms with Gasteiger partial charge in [0.15, 0.2) is 5.69 Å². The summed E-state index contributed by atoms with van der Waals surface area (Å²) in [6.07, 6.45) is 0. The van der Waals surface area contributed by atoms with Crippen molar-refractivity contribution in [3.63, 3.8) is 0 Å². The van der Waals surface area contributed by atoms with E-state index in [-0.39, 0.29) is 23.2 Å². The van der Waals surface area contributed by atoms with Crippen molar-refractivity contribution >= 4 is 16.7 Å². The number of carbonyl (C=O) groups excluding carboxylic acids is 1. The summed E-state index contributed by atoms with van der Waals surface area (Å²) < 4.78 is 5.05. The molecule has 0 aliphatic rings. The maximum Gasteiger partial charge on any atom is 0.274 e. The number of ether oxygens (including phenoxy) is 1. The Balaban J connectivity index is 2.45. The number of amides is 1. The number of hydrogen-bond donors (Lipinski definition) is 1. The first-order valence-corrected chi connectivity index (χ1v) is 6.29. The van der Waals surface area contributed by atoms with Crippen molar-refractivity contribution in [2.75, 3.05) is 20.8 Å². The molecule has 6 heteroatoms. The molecule has 0 radical (unpaired) electrons. The fourth-order valence-corrected chi connectivity index (χ4v) is 2.00. The van der Waals surface area contributed by atoms with Gasteiger partial charge in [-0.1, -0.05) is 18.2 Å². The second-order valence-corrected chi connectivity index (χ2v) is 4.67. The summed E-state index contributed by atoms with van der Waals surface area (Å²) in [6.45, 7) is 2.32. The van der Waals surface area contributed by atoms with Crippen LogP contribution in [0.5, 0.6) is 0 Å². The van der Waals surface area contributed by atoms with E-state index < -0.39 is 0 Å². The van der Waals surface area contributed by atoms with Crippen LogP contribution in [0.1, 0.15) is 17.4 Å². The van der Waals surface area contributed by atoms with Gasteiger partial charge in [-0.3, -0.25) is 9.59 Å². The average molecular weight is 275 g/mol. The van der Waals surface area contributed by atoms with E-state index in [4.69, 9.17) is 4.74 Å². The lowest BCUT2D eigenvalue weighted by molar-refractivity contribution is 0.0629. The highest BCUT2D eigenvalue weighted by molar-refractivity contribution is 6.04. The number of aromatic amines is 1. The molecule has 0 aliphatic carbocycles. The Hall–Kier alpha value is -2.21. The fourth-order valence-electron chi connectivity index (χ4n) is 2.00. The number of nitrogens with one attached hydrogen (secondary N) is 1. The molecular weight excluding hydrogens is 258 g/mol. The third-order valence-corrected chi connectivity index (χ3v) is 3.29. The number of fused-ring (bicyclic) bond motifs is 1. The normalized spacial score (nSPS) is 12.3. The number of benzene rings is 1. The molecule has 1 atom stereocenters. The maximum absolute atomic E-state index is 12.5. The number of nitrogens with zero attached hydrogens (tertiary/aromatic N) is 2. The van der Waals surface area contributed by atoms with E-state index in [0.29, 0.717) is 17.4 Å². The van der Waals surface area contributed by atoms with Gasteiger partial charge in [-0.05, 0) is 13.0 Å². The molecule has 2 aromatic rings. The predicted octanol–water partition coefficient (Wildman–Crippen LogP) is 1.03. The lowest BCUT2D eigenvalue weighted by Crippen LogP contribution is -2.38. The standard InChI is InChI=1S/C14H17N3O3/c1-9(8-20-3)17(2)14(19)12-10-6-4-5-7-11(10)13(18)16-15-12/h4-7,9H,8H2,1-3H3,(H,16,18). The fraction of sp³-hybridized carbons (Fsp3) is 0.357. The third-order valence-electron chi connectivity index (χ3n) is 3.29. The minimum Gasteiger partial charge on any atom is -0.383 e. The maximum atomic E-state index is 12.5. The smallest absolute Gasteiger partial charge is 0.274 e. The highest BCUT2D eigenvalue weighted by Crippen LogP contribution is 2.14. The van der Waals surface area contributed by atoms with Gasteiger partial charge in [0.25, 0.3) is 11.5 Å². The highest BCUT2D eigenvalue weighted by Gasteiger charge is 2.21. The molecule has 6 nitrogen and oxygen atoms in total. The van der Waals surface area contributed by atoms with Crippen molar-refractivity contribution in [1.82, 2.24) is 15.1 Å². The van der Waals surface area contributed by atoms with Crippen molar-refractivity contribution < 1.29 is 9.53 Å². The molecule has 0 aliphatic heterocycles. The van der Waals surface area contributed by atoms with Gasteiger partial charge in [0.1, 0.15) is 0 Å². The van der Waals surface area contributed by atoms with Gasteiger partial charge in [0, 0.05) is 19.5 Å². The number of carbonyl (C=O) groups is 1. The van der Waals surface area contributed by atoms with Gasteiger partial charge in [-0.25, -0.2) is 5.10 Å². The average Bonchev–Trinajstić information content (AvgIpc) is 2.47. The summed E-state index contributed by atoms with van der Waals surface area (Å²) in [4.78, 5) is 25.7. The molecule has 0 saturated carbocycles. The van der Waals surface area contributed by atoms with Crippen LogP contribution in [0, 0.1) is 0 Å². The number of aromatic nitrogens is 2. The second-order valence-electron chi connectivity index (χ2n) is 4.67. The van der Waals surface area contributed by atoms with Crippen molar-refractivity contribution in [3.05, 3.63) is 40.3 Å². The van der Waals surface area contributed by atoms with Gasteiger partial charge in [-0.2, -0.15) is 5.10 Å². The zero-order chi connectivity index (χ0) is 14.7. The van der Waals surface area contributed by atoms with Crippen molar-refractivity contribution in [3.8, 4) is 0 Å². The van der Waals surface area contributed by atoms with Crippen LogP contribution >= 0.6 is 0 Å². The highest BCUT2D eigenvalue weighted by atomic mass is 16.5. The molecule has 20 heavy (non-hydrogen) atoms. The second kappa shape index (κ2) is 5.83. The number of methoxy groups -OCH3 is 1. The van der Waals surface area contributed by atoms with Crippen molar-refractivity contribution in [2.45, 2.75) is 13.0 Å². The molecule has 0 spiro atoms. The van der Waals surface area contributed by atoms with E-state index in [2.05, 4.69) is 10.2 Å². The first kappa shape index (κ1) is 14.2. The zero-order valence-corrected chi connectivity index (χ0v) is 11.7. The quantitative estimate of drug-likeness (QED) is 0.904. The van der Waals surface area contributed by atoms with Crippen LogP contribution in [0.2, 0.25) is 0 Å². The van der Waals surface area contributed by atoms with Gasteiger partial charge >= 0.3 is 0 Å². The minimum atomic E-state index is -0.301. The number of H-pyrrole nitrogens is 1. The van der Waals surface area contributed by atoms with Crippen molar-refractivity contribution in [2.24, 2.45) is 0 Å². The molecule has 0 fully saturated rings. The summed E-state index contributed by atoms with van der Waals surface area (Å²) in [6, 6.07) is 6.84. The predicted molar refractivity (Wildman–Crippen MR) is 75.8 cm³/mol. The largest absolute Gasteiger partial charge is 0.383 e. The Kier molecular flexibility index (Phi) is 4.14. The Morgan fingerprint density at radius 3 is 2.70 bits per heavy atom. The van der Waals surface area contributed by atoms with Crippen LogP contribution < -0.4 is 5.56 Å². The Morgan fingerprint density at radius 1 is 1.40 bits per heavy atom. The van der Waals surface area contributed by atoms with E-state index in [1.165, 1.54) is 0 Å². The summed E-state index contributed by atoms with van der Waals surface area (Å²) in [5.41, 5.74) is -0.0598. The van der Waals surface area contributed by atoms with Crippen LogP contribution in [0.3, 0.4) is 0 Å². The van der Waals surface area contributed by atoms with E-state index in [0.717, 1.165) is 0 Å². The summed E-state index contributed by atoms with van der Waals surface area (Å²) in [7, 11) is 3.27. The van der Waals surface area contributed by atoms with Gasteiger partial charge < -0.3 is 9.64 Å². The van der Waals surface area contributed by atoms with E-state index >= 15 is 0 Å². The molecule has 0 bridgehead atoms. The number of hydrogen-bond acceptors (Lipinski definition) is 4. The Morgan fingerprint density at radius 2 is 2.05 bits per heavy atom. The van der Waals surface area contributed by atoms with Crippen LogP contribution in [0.25, 0.3) is 10.8 Å². The van der Waals surface area contributed by atoms with Crippen LogP contribution in [0.4, 0.5) is 0 Å². The van der Waals surface area contributed by atoms with Gasteiger partial charge in [-0.15, -0.1) is 0 Å². The molecule has 1 unspecified atom stereocenters. The molecule has 1 N–H and O–H groups in total. The van der Waals surface area contributed by atoms with Crippen molar-refractivity contribution in [1.29, 1.82) is 0 Å². The zero-order valence-electron chi connectivity index (χ0n) is 11.7. The van der Waals surface area contributed by atoms with E-state index in [1.807, 2.05) is 6.92 Å². The first-order valence-electron chi connectivity index (χ1n) is 6.29. The molecule has 1 amide bonds. The molecule has 2 rings (SSSR count). The topological polar surface area (TPSA) is 75.3 Å². The molecule has 1 heterocycles. The summed E-state index contributed by atoms with van der Waals surface area (Å²) in [5, 5.41) is 7.28. The summed E-state index contributed by atoms with van der Waals surface area (Å²) in [5.74, 6) is -0.248. The van der Waals surface area contributed by atoms with Gasteiger partial charge in [0.2, 0.25) is 0 Å². The number of rotatable bonds is 4. The molecule has 1 aromatic carbocycles. The minimum absolute atomic E-state index is 0.0833. The first-order chi connectivity index (χ1) is 9.56. The van der Waals surface area contributed by atoms with E-state index in [1.54, 1.807) is 43.3 Å². The third kappa shape index (κ3) is 2.55. The number of likely N-dealkylation sites (N-methyl/N-ethyl adjacent to an activating group) is 1. The van der Waals surface area contributed by atoms with Crippen LogP contribution in [-0.4, -0.2) is 47.8 Å². The van der Waals surface area contributed by atoms with Crippen LogP contribution in [0.15, 0.2) is 29.1 Å². The molecule has 1 aromatic heterocycles. The van der Waals surface area contributed by atoms with Gasteiger partial charge in [0.05, 0.1) is 18.0 Å². The van der Waals surface area contributed by atoms with Crippen LogP contribution in [-0.2, 0) is 4.74 Å².